The van der Waals surface area contributed by atoms with Crippen LogP contribution in [0, 0.1) is 0 Å². The van der Waals surface area contributed by atoms with Gasteiger partial charge in [0.25, 0.3) is 0 Å². The maximum absolute atomic E-state index is 9.26. The summed E-state index contributed by atoms with van der Waals surface area (Å²) in [5.74, 6) is 0. The first-order valence-electron chi connectivity index (χ1n) is 6.10. The molecule has 17 heavy (non-hydrogen) atoms. The summed E-state index contributed by atoms with van der Waals surface area (Å²) in [5, 5.41) is 18.5. The predicted molar refractivity (Wildman–Crippen MR) is 73.3 cm³/mol. The Labute approximate surface area is 103 Å². The highest BCUT2D eigenvalue weighted by Gasteiger charge is 2.19. The Kier molecular flexibility index (Phi) is 5.74. The molecule has 0 radical (unpaired) electrons. The van der Waals surface area contributed by atoms with Gasteiger partial charge in [-0.1, -0.05) is 56.3 Å². The van der Waals surface area contributed by atoms with Crippen LogP contribution in [0.15, 0.2) is 48.0 Å². The molecule has 2 rings (SSSR count). The van der Waals surface area contributed by atoms with E-state index in [4.69, 9.17) is 0 Å². The summed E-state index contributed by atoms with van der Waals surface area (Å²) >= 11 is 0. The van der Waals surface area contributed by atoms with Crippen LogP contribution < -0.4 is 0 Å². The van der Waals surface area contributed by atoms with E-state index in [1.807, 2.05) is 50.3 Å². The average Bonchev–Trinajstić information content (AvgIpc) is 2.42. The number of hydrogen-bond donors (Lipinski definition) is 2. The van der Waals surface area contributed by atoms with Crippen molar-refractivity contribution in [1.82, 2.24) is 0 Å². The SMILES string of the molecule is CC.OB(O)C1=C(c2ccccc2)CCC=C1. The third-order valence-electron chi connectivity index (χ3n) is 2.61. The zero-order chi connectivity index (χ0) is 12.7. The molecule has 0 aliphatic heterocycles. The fraction of sp³-hybridized carbons (Fsp3) is 0.286. The summed E-state index contributed by atoms with van der Waals surface area (Å²) in [4.78, 5) is 0. The standard InChI is InChI=1S/C12H13BO2.C2H6/c14-13(15)12-9-5-4-8-11(12)10-6-2-1-3-7-10;1-2/h1-3,5-7,9,14-15H,4,8H2;1-2H3. The summed E-state index contributed by atoms with van der Waals surface area (Å²) in [7, 11) is -1.38. The second-order valence-electron chi connectivity index (χ2n) is 3.61. The molecule has 90 valence electrons. The molecule has 0 fully saturated rings. The van der Waals surface area contributed by atoms with Gasteiger partial charge >= 0.3 is 7.12 Å². The predicted octanol–water partition coefficient (Wildman–Crippen LogP) is 2.83. The van der Waals surface area contributed by atoms with Gasteiger partial charge in [-0.05, 0) is 29.5 Å². The Morgan fingerprint density at radius 1 is 1.06 bits per heavy atom. The number of benzene rings is 1. The molecule has 1 aromatic rings. The van der Waals surface area contributed by atoms with Gasteiger partial charge in [0.05, 0.1) is 0 Å². The van der Waals surface area contributed by atoms with Crippen LogP contribution in [0.4, 0.5) is 0 Å². The van der Waals surface area contributed by atoms with Gasteiger partial charge in [0.15, 0.2) is 0 Å². The molecule has 0 atom stereocenters. The van der Waals surface area contributed by atoms with E-state index >= 15 is 0 Å². The van der Waals surface area contributed by atoms with Gasteiger partial charge in [0.1, 0.15) is 0 Å². The van der Waals surface area contributed by atoms with Crippen molar-refractivity contribution >= 4 is 12.7 Å². The van der Waals surface area contributed by atoms with E-state index in [0.717, 1.165) is 24.0 Å². The van der Waals surface area contributed by atoms with Crippen LogP contribution >= 0.6 is 0 Å². The summed E-state index contributed by atoms with van der Waals surface area (Å²) < 4.78 is 0. The summed E-state index contributed by atoms with van der Waals surface area (Å²) in [6, 6.07) is 9.87. The molecule has 2 N–H and O–H groups in total. The fourth-order valence-electron chi connectivity index (χ4n) is 1.88. The van der Waals surface area contributed by atoms with Crippen LogP contribution in [-0.2, 0) is 0 Å². The highest BCUT2D eigenvalue weighted by Crippen LogP contribution is 2.28. The van der Waals surface area contributed by atoms with Crippen LogP contribution in [0.5, 0.6) is 0 Å². The molecule has 0 heterocycles. The topological polar surface area (TPSA) is 40.5 Å². The third-order valence-corrected chi connectivity index (χ3v) is 2.61. The van der Waals surface area contributed by atoms with Crippen molar-refractivity contribution < 1.29 is 10.0 Å². The number of allylic oxidation sites excluding steroid dienone is 4. The van der Waals surface area contributed by atoms with E-state index in [1.54, 1.807) is 6.08 Å². The minimum absolute atomic E-state index is 0.618. The molecule has 0 spiro atoms. The van der Waals surface area contributed by atoms with E-state index in [0.29, 0.717) is 5.47 Å². The number of rotatable bonds is 2. The van der Waals surface area contributed by atoms with Crippen molar-refractivity contribution in [2.24, 2.45) is 0 Å². The minimum Gasteiger partial charge on any atom is -0.423 e. The van der Waals surface area contributed by atoms with Crippen LogP contribution in [0.2, 0.25) is 0 Å². The Bertz CT molecular complexity index is 394. The molecule has 2 nitrogen and oxygen atoms in total. The lowest BCUT2D eigenvalue weighted by atomic mass is 9.72. The zero-order valence-electron chi connectivity index (χ0n) is 10.4. The highest BCUT2D eigenvalue weighted by atomic mass is 16.4. The van der Waals surface area contributed by atoms with E-state index < -0.39 is 7.12 Å². The van der Waals surface area contributed by atoms with E-state index in [2.05, 4.69) is 0 Å². The van der Waals surface area contributed by atoms with Crippen molar-refractivity contribution in [3.05, 3.63) is 53.5 Å². The molecule has 0 saturated carbocycles. The van der Waals surface area contributed by atoms with Crippen molar-refractivity contribution in [3.63, 3.8) is 0 Å². The number of hydrogen-bond acceptors (Lipinski definition) is 2. The molecular weight excluding hydrogens is 211 g/mol. The Morgan fingerprint density at radius 2 is 1.71 bits per heavy atom. The second kappa shape index (κ2) is 7.10. The summed E-state index contributed by atoms with van der Waals surface area (Å²) in [6.45, 7) is 4.00. The van der Waals surface area contributed by atoms with Gasteiger partial charge in [-0.25, -0.2) is 0 Å². The quantitative estimate of drug-likeness (QED) is 0.767. The second-order valence-corrected chi connectivity index (χ2v) is 3.61. The molecule has 1 aromatic carbocycles. The van der Waals surface area contributed by atoms with Crippen molar-refractivity contribution in [2.45, 2.75) is 26.7 Å². The molecule has 0 aromatic heterocycles. The van der Waals surface area contributed by atoms with Crippen molar-refractivity contribution in [1.29, 1.82) is 0 Å². The lowest BCUT2D eigenvalue weighted by Gasteiger charge is -2.15. The molecule has 0 bridgehead atoms. The van der Waals surface area contributed by atoms with E-state index in [9.17, 15) is 10.0 Å². The molecule has 0 unspecified atom stereocenters. The lowest BCUT2D eigenvalue weighted by Crippen LogP contribution is -2.17. The van der Waals surface area contributed by atoms with Gasteiger partial charge in [-0.2, -0.15) is 0 Å². The molecule has 0 amide bonds. The Morgan fingerprint density at radius 3 is 2.29 bits per heavy atom. The maximum atomic E-state index is 9.26. The largest absolute Gasteiger partial charge is 0.488 e. The summed E-state index contributed by atoms with van der Waals surface area (Å²) in [6.07, 6.45) is 5.60. The van der Waals surface area contributed by atoms with Crippen LogP contribution in [0.25, 0.3) is 5.57 Å². The first-order valence-corrected chi connectivity index (χ1v) is 6.10. The fourth-order valence-corrected chi connectivity index (χ4v) is 1.88. The first kappa shape index (κ1) is 13.7. The average molecular weight is 230 g/mol. The molecular formula is C14H19BO2. The van der Waals surface area contributed by atoms with Gasteiger partial charge in [0.2, 0.25) is 0 Å². The lowest BCUT2D eigenvalue weighted by molar-refractivity contribution is 0.420. The first-order chi connectivity index (χ1) is 8.29. The van der Waals surface area contributed by atoms with Gasteiger partial charge in [-0.3, -0.25) is 0 Å². The van der Waals surface area contributed by atoms with Gasteiger partial charge < -0.3 is 10.0 Å². The molecule has 3 heteroatoms. The Balaban J connectivity index is 0.000000686. The summed E-state index contributed by atoms with van der Waals surface area (Å²) in [5.41, 5.74) is 2.73. The van der Waals surface area contributed by atoms with Crippen LogP contribution in [0.1, 0.15) is 32.3 Å². The zero-order valence-corrected chi connectivity index (χ0v) is 10.4. The molecule has 0 saturated heterocycles. The van der Waals surface area contributed by atoms with Crippen LogP contribution in [0.3, 0.4) is 0 Å². The maximum Gasteiger partial charge on any atom is 0.488 e. The van der Waals surface area contributed by atoms with E-state index in [-0.39, 0.29) is 0 Å². The van der Waals surface area contributed by atoms with E-state index in [1.165, 1.54) is 0 Å². The third kappa shape index (κ3) is 3.58. The van der Waals surface area contributed by atoms with Crippen molar-refractivity contribution in [2.75, 3.05) is 0 Å². The minimum atomic E-state index is -1.38. The molecule has 1 aliphatic carbocycles. The normalized spacial score (nSPS) is 14.1. The highest BCUT2D eigenvalue weighted by molar-refractivity contribution is 6.53. The smallest absolute Gasteiger partial charge is 0.423 e. The van der Waals surface area contributed by atoms with Gasteiger partial charge in [-0.15, -0.1) is 0 Å². The van der Waals surface area contributed by atoms with Crippen molar-refractivity contribution in [3.8, 4) is 0 Å². The Hall–Kier alpha value is -1.32. The molecule has 1 aliphatic rings. The monoisotopic (exact) mass is 230 g/mol. The van der Waals surface area contributed by atoms with Crippen LogP contribution in [-0.4, -0.2) is 17.2 Å². The van der Waals surface area contributed by atoms with Gasteiger partial charge in [0, 0.05) is 0 Å².